The maximum atomic E-state index is 9.48. The van der Waals surface area contributed by atoms with Crippen LogP contribution in [-0.2, 0) is 11.3 Å². The van der Waals surface area contributed by atoms with Gasteiger partial charge in [-0.25, -0.2) is 0 Å². The van der Waals surface area contributed by atoms with E-state index in [0.29, 0.717) is 13.0 Å². The average molecular weight is 253 g/mol. The molecule has 102 valence electrons. The summed E-state index contributed by atoms with van der Waals surface area (Å²) in [6, 6.07) is 6.13. The van der Waals surface area contributed by atoms with Gasteiger partial charge in [0.25, 0.3) is 0 Å². The molecule has 0 heterocycles. The Morgan fingerprint density at radius 3 is 2.72 bits per heavy atom. The maximum absolute atomic E-state index is 9.48. The number of nitrogens with one attached hydrogen (secondary N) is 1. The fraction of sp³-hybridized carbons (Fsp3) is 0.571. The molecule has 0 aliphatic rings. The summed E-state index contributed by atoms with van der Waals surface area (Å²) in [5, 5.41) is 12.8. The largest absolute Gasteiger partial charge is 0.496 e. The van der Waals surface area contributed by atoms with Gasteiger partial charge in [0.2, 0.25) is 0 Å². The summed E-state index contributed by atoms with van der Waals surface area (Å²) < 4.78 is 10.1. The van der Waals surface area contributed by atoms with Crippen LogP contribution in [0.25, 0.3) is 0 Å². The molecule has 0 bridgehead atoms. The molecular weight excluding hydrogens is 230 g/mol. The van der Waals surface area contributed by atoms with E-state index in [0.717, 1.165) is 24.4 Å². The number of aliphatic hydroxyl groups is 1. The summed E-state index contributed by atoms with van der Waals surface area (Å²) in [6.07, 6.45) is 0.309. The van der Waals surface area contributed by atoms with Crippen LogP contribution in [0.3, 0.4) is 0 Å². The fourth-order valence-corrected chi connectivity index (χ4v) is 1.83. The number of aryl methyl sites for hydroxylation is 1. The SMILES string of the molecule is COCC(O)CCNCc1ccc(OC)c(C)c1. The van der Waals surface area contributed by atoms with Crippen molar-refractivity contribution in [3.63, 3.8) is 0 Å². The molecule has 0 saturated heterocycles. The lowest BCUT2D eigenvalue weighted by Gasteiger charge is -2.11. The van der Waals surface area contributed by atoms with Crippen LogP contribution in [0.1, 0.15) is 17.5 Å². The van der Waals surface area contributed by atoms with Crippen molar-refractivity contribution < 1.29 is 14.6 Å². The van der Waals surface area contributed by atoms with Gasteiger partial charge in [0.15, 0.2) is 0 Å². The van der Waals surface area contributed by atoms with Gasteiger partial charge in [-0.05, 0) is 37.1 Å². The third kappa shape index (κ3) is 5.04. The van der Waals surface area contributed by atoms with Gasteiger partial charge < -0.3 is 19.9 Å². The number of hydrogen-bond donors (Lipinski definition) is 2. The van der Waals surface area contributed by atoms with Gasteiger partial charge in [-0.15, -0.1) is 0 Å². The smallest absolute Gasteiger partial charge is 0.121 e. The number of benzene rings is 1. The quantitative estimate of drug-likeness (QED) is 0.689. The second-order valence-electron chi connectivity index (χ2n) is 4.38. The van der Waals surface area contributed by atoms with Crippen molar-refractivity contribution in [3.8, 4) is 5.75 Å². The van der Waals surface area contributed by atoms with E-state index in [1.165, 1.54) is 5.56 Å². The van der Waals surface area contributed by atoms with Gasteiger partial charge in [0, 0.05) is 13.7 Å². The minimum atomic E-state index is -0.389. The predicted octanol–water partition coefficient (Wildman–Crippen LogP) is 1.49. The van der Waals surface area contributed by atoms with E-state index < -0.39 is 0 Å². The van der Waals surface area contributed by atoms with Crippen LogP contribution < -0.4 is 10.1 Å². The van der Waals surface area contributed by atoms with Gasteiger partial charge in [0.1, 0.15) is 5.75 Å². The van der Waals surface area contributed by atoms with Crippen molar-refractivity contribution in [1.29, 1.82) is 0 Å². The molecule has 0 amide bonds. The molecule has 0 aromatic heterocycles. The highest BCUT2D eigenvalue weighted by Gasteiger charge is 2.03. The first-order valence-electron chi connectivity index (χ1n) is 6.18. The third-order valence-corrected chi connectivity index (χ3v) is 2.80. The Balaban J connectivity index is 2.29. The lowest BCUT2D eigenvalue weighted by atomic mass is 10.1. The Kier molecular flexibility index (Phi) is 6.72. The van der Waals surface area contributed by atoms with Crippen molar-refractivity contribution in [1.82, 2.24) is 5.32 Å². The van der Waals surface area contributed by atoms with Crippen molar-refractivity contribution >= 4 is 0 Å². The van der Waals surface area contributed by atoms with Crippen LogP contribution in [0, 0.1) is 6.92 Å². The molecule has 2 N–H and O–H groups in total. The standard InChI is InChI=1S/C14H23NO3/c1-11-8-12(4-5-14(11)18-3)9-15-7-6-13(16)10-17-2/h4-5,8,13,15-16H,6-7,9-10H2,1-3H3. The molecule has 0 saturated carbocycles. The van der Waals surface area contributed by atoms with Crippen LogP contribution in [0.15, 0.2) is 18.2 Å². The highest BCUT2D eigenvalue weighted by molar-refractivity contribution is 5.36. The first-order chi connectivity index (χ1) is 8.67. The number of ether oxygens (including phenoxy) is 2. The van der Waals surface area contributed by atoms with E-state index in [1.807, 2.05) is 19.1 Å². The lowest BCUT2D eigenvalue weighted by molar-refractivity contribution is 0.0594. The number of aliphatic hydroxyl groups excluding tert-OH is 1. The molecule has 1 aromatic rings. The Morgan fingerprint density at radius 1 is 1.33 bits per heavy atom. The first-order valence-corrected chi connectivity index (χ1v) is 6.18. The Bertz CT molecular complexity index is 355. The number of methoxy groups -OCH3 is 2. The summed E-state index contributed by atoms with van der Waals surface area (Å²) >= 11 is 0. The van der Waals surface area contributed by atoms with E-state index >= 15 is 0 Å². The van der Waals surface area contributed by atoms with Crippen LogP contribution in [-0.4, -0.2) is 38.6 Å². The van der Waals surface area contributed by atoms with Gasteiger partial charge >= 0.3 is 0 Å². The zero-order valence-electron chi connectivity index (χ0n) is 11.4. The topological polar surface area (TPSA) is 50.7 Å². The van der Waals surface area contributed by atoms with Crippen molar-refractivity contribution in [3.05, 3.63) is 29.3 Å². The summed E-state index contributed by atoms with van der Waals surface area (Å²) in [4.78, 5) is 0. The molecule has 0 spiro atoms. The minimum absolute atomic E-state index is 0.389. The molecular formula is C14H23NO3. The molecule has 0 fully saturated rings. The Labute approximate surface area is 109 Å². The van der Waals surface area contributed by atoms with Gasteiger partial charge in [-0.1, -0.05) is 12.1 Å². The molecule has 1 unspecified atom stereocenters. The minimum Gasteiger partial charge on any atom is -0.496 e. The highest BCUT2D eigenvalue weighted by atomic mass is 16.5. The number of rotatable bonds is 8. The summed E-state index contributed by atoms with van der Waals surface area (Å²) in [7, 11) is 3.27. The zero-order chi connectivity index (χ0) is 13.4. The Morgan fingerprint density at radius 2 is 2.11 bits per heavy atom. The normalized spacial score (nSPS) is 12.4. The highest BCUT2D eigenvalue weighted by Crippen LogP contribution is 2.18. The lowest BCUT2D eigenvalue weighted by Crippen LogP contribution is -2.23. The molecule has 0 aliphatic heterocycles. The van der Waals surface area contributed by atoms with Gasteiger partial charge in [0.05, 0.1) is 19.8 Å². The molecule has 1 atom stereocenters. The molecule has 0 aliphatic carbocycles. The summed E-state index contributed by atoms with van der Waals surface area (Å²) in [6.45, 7) is 3.99. The second-order valence-corrected chi connectivity index (χ2v) is 4.38. The van der Waals surface area contributed by atoms with Crippen LogP contribution >= 0.6 is 0 Å². The van der Waals surface area contributed by atoms with Crippen molar-refractivity contribution in [2.24, 2.45) is 0 Å². The van der Waals surface area contributed by atoms with Gasteiger partial charge in [-0.3, -0.25) is 0 Å². The average Bonchev–Trinajstić information content (AvgIpc) is 2.35. The molecule has 1 aromatic carbocycles. The van der Waals surface area contributed by atoms with E-state index in [-0.39, 0.29) is 6.10 Å². The number of hydrogen-bond acceptors (Lipinski definition) is 4. The zero-order valence-corrected chi connectivity index (χ0v) is 11.4. The van der Waals surface area contributed by atoms with E-state index in [4.69, 9.17) is 9.47 Å². The van der Waals surface area contributed by atoms with Gasteiger partial charge in [-0.2, -0.15) is 0 Å². The molecule has 1 rings (SSSR count). The molecule has 4 nitrogen and oxygen atoms in total. The molecule has 0 radical (unpaired) electrons. The summed E-state index contributed by atoms with van der Waals surface area (Å²) in [5.41, 5.74) is 2.35. The van der Waals surface area contributed by atoms with E-state index in [1.54, 1.807) is 14.2 Å². The third-order valence-electron chi connectivity index (χ3n) is 2.80. The second kappa shape index (κ2) is 8.08. The Hall–Kier alpha value is -1.10. The maximum Gasteiger partial charge on any atom is 0.121 e. The molecule has 18 heavy (non-hydrogen) atoms. The fourth-order valence-electron chi connectivity index (χ4n) is 1.83. The van der Waals surface area contributed by atoms with Crippen molar-refractivity contribution in [2.45, 2.75) is 26.0 Å². The summed E-state index contributed by atoms with van der Waals surface area (Å²) in [5.74, 6) is 0.911. The predicted molar refractivity (Wildman–Crippen MR) is 71.9 cm³/mol. The van der Waals surface area contributed by atoms with Crippen molar-refractivity contribution in [2.75, 3.05) is 27.4 Å². The van der Waals surface area contributed by atoms with Crippen LogP contribution in [0.5, 0.6) is 5.75 Å². The monoisotopic (exact) mass is 253 g/mol. The van der Waals surface area contributed by atoms with Crippen LogP contribution in [0.2, 0.25) is 0 Å². The van der Waals surface area contributed by atoms with E-state index in [9.17, 15) is 5.11 Å². The van der Waals surface area contributed by atoms with Crippen LogP contribution in [0.4, 0.5) is 0 Å². The van der Waals surface area contributed by atoms with E-state index in [2.05, 4.69) is 11.4 Å². The molecule has 4 heteroatoms. The first kappa shape index (κ1) is 15.0.